The van der Waals surface area contributed by atoms with Gasteiger partial charge in [0.2, 0.25) is 0 Å². The zero-order chi connectivity index (χ0) is 10.7. The second-order valence-corrected chi connectivity index (χ2v) is 4.40. The van der Waals surface area contributed by atoms with E-state index in [1.54, 1.807) is 0 Å². The first-order chi connectivity index (χ1) is 6.13. The molecule has 0 fully saturated rings. The normalized spacial score (nSPS) is 11.5. The number of rotatable bonds is 5. The maximum absolute atomic E-state index is 10.3. The van der Waals surface area contributed by atoms with E-state index < -0.39 is 5.97 Å². The Kier molecular flexibility index (Phi) is 14.6. The predicted molar refractivity (Wildman–Crippen MR) is 48.8 cm³/mol. The number of carboxylic acids is 1. The fourth-order valence-electron chi connectivity index (χ4n) is 0.939. The summed E-state index contributed by atoms with van der Waals surface area (Å²) >= 11 is 2.28. The number of carboxylic acid groups (broad SMARTS) is 1. The summed E-state index contributed by atoms with van der Waals surface area (Å²) < 4.78 is 0. The number of carbonyl (C=O) groups is 1. The van der Waals surface area contributed by atoms with E-state index in [1.165, 1.54) is 4.81 Å². The molecule has 0 heterocycles. The molecule has 0 amide bonds. The van der Waals surface area contributed by atoms with Gasteiger partial charge in [-0.2, -0.15) is 0 Å². The fraction of sp³-hybridized carbons (Fsp3) is 0.900. The van der Waals surface area contributed by atoms with Crippen LogP contribution in [0.1, 0.15) is 46.5 Å². The molecule has 0 aromatic rings. The third-order valence-electron chi connectivity index (χ3n) is 1.73. The molecule has 0 aromatic carbocycles. The van der Waals surface area contributed by atoms with Gasteiger partial charge in [-0.1, -0.05) is 26.7 Å². The Morgan fingerprint density at radius 2 is 1.85 bits per heavy atom. The second-order valence-electron chi connectivity index (χ2n) is 2.79. The molecule has 0 spiro atoms. The van der Waals surface area contributed by atoms with Crippen LogP contribution >= 0.6 is 0 Å². The van der Waals surface area contributed by atoms with Gasteiger partial charge in [-0.3, -0.25) is 0 Å². The molecule has 3 heteroatoms. The Morgan fingerprint density at radius 1 is 1.38 bits per heavy atom. The van der Waals surface area contributed by atoms with Gasteiger partial charge in [0.15, 0.2) is 0 Å². The number of aliphatic carboxylic acids is 1. The molecule has 0 N–H and O–H groups in total. The van der Waals surface area contributed by atoms with Crippen LogP contribution in [0.15, 0.2) is 0 Å². The molecule has 0 aliphatic carbocycles. The van der Waals surface area contributed by atoms with Crippen molar-refractivity contribution in [2.24, 2.45) is 5.92 Å². The van der Waals surface area contributed by atoms with E-state index in [4.69, 9.17) is 0 Å². The van der Waals surface area contributed by atoms with Crippen molar-refractivity contribution >= 4 is 5.97 Å². The molecular formula is C10H20O2Pt. The van der Waals surface area contributed by atoms with Crippen molar-refractivity contribution < 1.29 is 29.7 Å². The molecule has 0 aliphatic heterocycles. The predicted octanol–water partition coefficient (Wildman–Crippen LogP) is 1.92. The molecule has 1 unspecified atom stereocenters. The number of hydrogen-bond donors (Lipinski definition) is 0. The standard InChI is InChI=1S/C8H16O2.C2H5.Pt/c1-3-5-6-7(4-2)8(9)10;1-2;/h7H,3-6H2,1-2H3,(H,9,10);1H2,2H3;/q;;+1/p-1. The zero-order valence-electron chi connectivity index (χ0n) is 8.75. The van der Waals surface area contributed by atoms with Gasteiger partial charge >= 0.3 is 31.5 Å². The van der Waals surface area contributed by atoms with Crippen LogP contribution in [0.5, 0.6) is 0 Å². The third-order valence-corrected chi connectivity index (χ3v) is 1.73. The zero-order valence-corrected chi connectivity index (χ0v) is 11.0. The number of carbonyl (C=O) groups excluding carboxylic acids is 1. The van der Waals surface area contributed by atoms with Gasteiger partial charge < -0.3 is 9.90 Å². The van der Waals surface area contributed by atoms with Crippen LogP contribution in [-0.2, 0) is 24.6 Å². The van der Waals surface area contributed by atoms with Crippen molar-refractivity contribution in [1.29, 1.82) is 0 Å². The van der Waals surface area contributed by atoms with Gasteiger partial charge in [-0.25, -0.2) is 0 Å². The summed E-state index contributed by atoms with van der Waals surface area (Å²) in [7, 11) is 0. The van der Waals surface area contributed by atoms with Crippen molar-refractivity contribution in [3.63, 3.8) is 0 Å². The Bertz CT molecular complexity index is 115. The van der Waals surface area contributed by atoms with Gasteiger partial charge in [-0.05, 0) is 18.8 Å². The molecule has 0 aliphatic rings. The Balaban J connectivity index is 0. The third kappa shape index (κ3) is 12.2. The monoisotopic (exact) mass is 367 g/mol. The molecule has 0 saturated heterocycles. The molecule has 0 rings (SSSR count). The molecule has 82 valence electrons. The van der Waals surface area contributed by atoms with Gasteiger partial charge in [-0.15, -0.1) is 0 Å². The van der Waals surface area contributed by atoms with Crippen LogP contribution in [-0.4, -0.2) is 5.97 Å². The van der Waals surface area contributed by atoms with E-state index in [-0.39, 0.29) is 5.92 Å². The van der Waals surface area contributed by atoms with E-state index >= 15 is 0 Å². The van der Waals surface area contributed by atoms with Crippen molar-refractivity contribution in [2.75, 3.05) is 0 Å². The van der Waals surface area contributed by atoms with E-state index in [2.05, 4.69) is 33.7 Å². The van der Waals surface area contributed by atoms with E-state index in [0.29, 0.717) is 6.42 Å². The van der Waals surface area contributed by atoms with Crippen LogP contribution in [0, 0.1) is 5.92 Å². The maximum atomic E-state index is 10.3. The molecule has 2 nitrogen and oxygen atoms in total. The summed E-state index contributed by atoms with van der Waals surface area (Å²) in [6.45, 7) is 6.06. The average molecular weight is 367 g/mol. The van der Waals surface area contributed by atoms with Crippen molar-refractivity contribution in [3.8, 4) is 0 Å². The summed E-state index contributed by atoms with van der Waals surface area (Å²) in [5.41, 5.74) is 0. The van der Waals surface area contributed by atoms with E-state index in [1.807, 2.05) is 6.92 Å². The van der Waals surface area contributed by atoms with Gasteiger partial charge in [0, 0.05) is 5.97 Å². The number of unbranched alkanes of at least 4 members (excludes halogenated alkanes) is 1. The number of hydrogen-bond acceptors (Lipinski definition) is 2. The summed E-state index contributed by atoms with van der Waals surface area (Å²) in [6, 6.07) is 0. The SMILES string of the molecule is CCCCC(CC)C(=O)[O-].C[CH2][Pt+]. The second kappa shape index (κ2) is 12.2. The van der Waals surface area contributed by atoms with Gasteiger partial charge in [0.25, 0.3) is 0 Å². The minimum absolute atomic E-state index is 0.222. The van der Waals surface area contributed by atoms with Gasteiger partial charge in [0.1, 0.15) is 0 Å². The first kappa shape index (κ1) is 15.6. The summed E-state index contributed by atoms with van der Waals surface area (Å²) in [5.74, 6) is -1.11. The molecule has 0 aromatic heterocycles. The summed E-state index contributed by atoms with van der Waals surface area (Å²) in [6.07, 6.45) is 3.52. The van der Waals surface area contributed by atoms with Crippen molar-refractivity contribution in [3.05, 3.63) is 0 Å². The quantitative estimate of drug-likeness (QED) is 0.745. The molecule has 0 radical (unpaired) electrons. The van der Waals surface area contributed by atoms with Crippen molar-refractivity contribution in [1.82, 2.24) is 0 Å². The van der Waals surface area contributed by atoms with Crippen LogP contribution in [0.25, 0.3) is 0 Å². The Labute approximate surface area is 93.0 Å². The van der Waals surface area contributed by atoms with Crippen LogP contribution < -0.4 is 5.11 Å². The topological polar surface area (TPSA) is 40.1 Å². The first-order valence-corrected chi connectivity index (χ1v) is 6.47. The van der Waals surface area contributed by atoms with Gasteiger partial charge in [0.05, 0.1) is 0 Å². The molecule has 1 atom stereocenters. The van der Waals surface area contributed by atoms with Crippen LogP contribution in [0.3, 0.4) is 0 Å². The molecule has 0 saturated carbocycles. The Hall–Kier alpha value is 0.158. The Morgan fingerprint density at radius 3 is 2.08 bits per heavy atom. The van der Waals surface area contributed by atoms with E-state index in [9.17, 15) is 9.90 Å². The molecule has 0 bridgehead atoms. The van der Waals surface area contributed by atoms with Crippen molar-refractivity contribution in [2.45, 2.75) is 51.3 Å². The fourth-order valence-corrected chi connectivity index (χ4v) is 0.939. The summed E-state index contributed by atoms with van der Waals surface area (Å²) in [4.78, 5) is 11.5. The average Bonchev–Trinajstić information content (AvgIpc) is 2.06. The summed E-state index contributed by atoms with van der Waals surface area (Å²) in [5, 5.41) is 10.3. The van der Waals surface area contributed by atoms with E-state index in [0.717, 1.165) is 19.3 Å². The van der Waals surface area contributed by atoms with Crippen LogP contribution in [0.4, 0.5) is 0 Å². The minimum atomic E-state index is -0.893. The first-order valence-electron chi connectivity index (χ1n) is 4.86. The molecular weight excluding hydrogens is 347 g/mol. The molecule has 13 heavy (non-hydrogen) atoms. The van der Waals surface area contributed by atoms with Crippen LogP contribution in [0.2, 0.25) is 4.81 Å².